The van der Waals surface area contributed by atoms with Gasteiger partial charge in [0, 0.05) is 46.9 Å². The maximum Gasteiger partial charge on any atom is 0.217 e. The van der Waals surface area contributed by atoms with Gasteiger partial charge in [-0.1, -0.05) is 27.7 Å². The first-order valence-electron chi connectivity index (χ1n) is 25.9. The molecular formula is C48H90N2O24. The molecule has 0 aromatic carbocycles. The number of amides is 2. The summed E-state index contributed by atoms with van der Waals surface area (Å²) in [5.41, 5.74) is 0. The molecule has 11 N–H and O–H groups in total. The number of ether oxygens (including phenoxy) is 13. The molecule has 3 aliphatic heterocycles. The van der Waals surface area contributed by atoms with Gasteiger partial charge in [0.05, 0.1) is 90.4 Å². The van der Waals surface area contributed by atoms with Crippen molar-refractivity contribution >= 4 is 11.8 Å². The second kappa shape index (κ2) is 36.3. The highest BCUT2D eigenvalue weighted by atomic mass is 16.7. The molecule has 3 heterocycles. The summed E-state index contributed by atoms with van der Waals surface area (Å²) in [5, 5.41) is 105. The van der Waals surface area contributed by atoms with Crippen molar-refractivity contribution in [3.8, 4) is 0 Å². The van der Waals surface area contributed by atoms with Crippen LogP contribution < -0.4 is 10.6 Å². The number of aliphatic hydroxyl groups excluding tert-OH is 9. The normalized spacial score (nSPS) is 32.3. The molecule has 2 amide bonds. The van der Waals surface area contributed by atoms with Gasteiger partial charge in [-0.2, -0.15) is 0 Å². The first kappa shape index (κ1) is 66.3. The molecule has 3 rings (SSSR count). The highest BCUT2D eigenvalue weighted by molar-refractivity contribution is 5.73. The zero-order valence-corrected chi connectivity index (χ0v) is 44.1. The summed E-state index contributed by atoms with van der Waals surface area (Å²) in [6, 6.07) is -2.68. The van der Waals surface area contributed by atoms with E-state index in [0.717, 1.165) is 19.8 Å². The van der Waals surface area contributed by atoms with Gasteiger partial charge in [0.2, 0.25) is 11.8 Å². The quantitative estimate of drug-likeness (QED) is 0.0212. The van der Waals surface area contributed by atoms with E-state index in [9.17, 15) is 55.5 Å². The first-order chi connectivity index (χ1) is 35.4. The van der Waals surface area contributed by atoms with Crippen LogP contribution in [-0.2, 0) is 71.2 Å². The lowest BCUT2D eigenvalue weighted by atomic mass is 9.87. The Morgan fingerprint density at radius 3 is 1.68 bits per heavy atom. The SMILES string of the molecule is CCCOCCOCCCOCCO[C@H](C(O)[C@@H](O)O[C@@H]1C(CO)O[C@@H](O[C@@H]2C(CO[C@@H]3O[C@@H](C)[C@@H](O)C(O)C3O)O[C@@H](C(C)C)C(NC(C)=O)[C@H]2O)C(NC(C)=O)[C@H]1O)[C@H](O)CCOCCOCCOCCC. The van der Waals surface area contributed by atoms with Crippen LogP contribution in [-0.4, -0.2) is 273 Å². The lowest BCUT2D eigenvalue weighted by Gasteiger charge is -2.50. The molecule has 3 aliphatic rings. The molecule has 0 aliphatic carbocycles. The number of carbonyl (C=O) groups excluding carboxylic acids is 2. The van der Waals surface area contributed by atoms with Crippen molar-refractivity contribution in [2.75, 3.05) is 99.1 Å². The van der Waals surface area contributed by atoms with Gasteiger partial charge >= 0.3 is 0 Å². The summed E-state index contributed by atoms with van der Waals surface area (Å²) in [6.07, 6.45) is -24.3. The second-order valence-corrected chi connectivity index (χ2v) is 18.9. The van der Waals surface area contributed by atoms with Crippen molar-refractivity contribution in [2.24, 2.45) is 5.92 Å². The molecule has 3 fully saturated rings. The number of aliphatic hydroxyl groups is 9. The standard InChI is InChI=1S/C48H90N2O24/c1-8-12-62-17-19-64-14-10-15-65-23-24-68-43(31(54)11-16-66-20-22-67-21-18-63-13-9-2)41(60)46(61)73-44-32(25-51)72-47(35(38(44)57)50-30(7)53)74-45-33(26-69-48-40(59)39(58)36(55)28(5)70-48)71-42(27(3)4)34(37(45)56)49-29(6)52/h27-28,31-48,51,54-61H,8-26H2,1-7H3,(H,49,52)(H,50,53)/t28-,31+,32?,33?,34?,35?,36+,37+,38+,39?,40?,41?,42-,43-,44+,45+,46-,47-,48+/m0/s1. The van der Waals surface area contributed by atoms with Crippen molar-refractivity contribution in [3.63, 3.8) is 0 Å². The zero-order valence-electron chi connectivity index (χ0n) is 44.1. The average Bonchev–Trinajstić information content (AvgIpc) is 3.36. The summed E-state index contributed by atoms with van der Waals surface area (Å²) in [7, 11) is 0. The van der Waals surface area contributed by atoms with Crippen LogP contribution in [0.4, 0.5) is 0 Å². The van der Waals surface area contributed by atoms with Crippen LogP contribution in [0.3, 0.4) is 0 Å². The van der Waals surface area contributed by atoms with E-state index in [1.807, 2.05) is 13.8 Å². The summed E-state index contributed by atoms with van der Waals surface area (Å²) in [4.78, 5) is 25.1. The van der Waals surface area contributed by atoms with Crippen molar-refractivity contribution in [1.29, 1.82) is 0 Å². The third kappa shape index (κ3) is 22.1. The minimum atomic E-state index is -2.23. The number of hydrogen-bond donors (Lipinski definition) is 11. The molecule has 0 aromatic rings. The highest BCUT2D eigenvalue weighted by Crippen LogP contribution is 2.34. The van der Waals surface area contributed by atoms with Gasteiger partial charge in [-0.3, -0.25) is 9.59 Å². The highest BCUT2D eigenvalue weighted by Gasteiger charge is 2.54. The van der Waals surface area contributed by atoms with E-state index >= 15 is 0 Å². The van der Waals surface area contributed by atoms with Gasteiger partial charge < -0.3 is 118 Å². The van der Waals surface area contributed by atoms with Crippen molar-refractivity contribution < 1.29 is 117 Å². The summed E-state index contributed by atoms with van der Waals surface area (Å²) in [5.74, 6) is -1.56. The van der Waals surface area contributed by atoms with Crippen LogP contribution in [0.5, 0.6) is 0 Å². The molecule has 3 saturated heterocycles. The van der Waals surface area contributed by atoms with E-state index in [1.165, 1.54) is 13.8 Å². The van der Waals surface area contributed by atoms with Gasteiger partial charge in [-0.05, 0) is 38.5 Å². The second-order valence-electron chi connectivity index (χ2n) is 18.9. The number of carbonyl (C=O) groups is 2. The maximum atomic E-state index is 12.7. The van der Waals surface area contributed by atoms with Gasteiger partial charge in [-0.15, -0.1) is 0 Å². The van der Waals surface area contributed by atoms with Crippen LogP contribution >= 0.6 is 0 Å². The lowest BCUT2D eigenvalue weighted by Crippen LogP contribution is -2.70. The van der Waals surface area contributed by atoms with E-state index in [-0.39, 0.29) is 45.4 Å². The van der Waals surface area contributed by atoms with Gasteiger partial charge in [0.25, 0.3) is 0 Å². The van der Waals surface area contributed by atoms with E-state index < -0.39 is 141 Å². The summed E-state index contributed by atoms with van der Waals surface area (Å²) < 4.78 is 75.0. The molecule has 0 spiro atoms. The Kier molecular flexibility index (Phi) is 32.5. The van der Waals surface area contributed by atoms with Gasteiger partial charge in [0.15, 0.2) is 18.9 Å². The van der Waals surface area contributed by atoms with Gasteiger partial charge in [0.1, 0.15) is 73.2 Å². The molecule has 0 bridgehead atoms. The largest absolute Gasteiger partial charge is 0.394 e. The molecule has 0 radical (unpaired) electrons. The Hall–Kier alpha value is -1.94. The molecule has 26 heteroatoms. The predicted molar refractivity (Wildman–Crippen MR) is 257 cm³/mol. The average molecular weight is 1080 g/mol. The molecule has 0 aromatic heterocycles. The minimum Gasteiger partial charge on any atom is -0.394 e. The topological polar surface area (TPSA) is 360 Å². The van der Waals surface area contributed by atoms with Gasteiger partial charge in [-0.25, -0.2) is 0 Å². The van der Waals surface area contributed by atoms with Crippen LogP contribution in [0.25, 0.3) is 0 Å². The summed E-state index contributed by atoms with van der Waals surface area (Å²) >= 11 is 0. The zero-order chi connectivity index (χ0) is 54.7. The number of nitrogens with one attached hydrogen (secondary N) is 2. The van der Waals surface area contributed by atoms with Crippen LogP contribution in [0.2, 0.25) is 0 Å². The Bertz CT molecular complexity index is 1500. The Balaban J connectivity index is 1.78. The fourth-order valence-corrected chi connectivity index (χ4v) is 8.46. The Morgan fingerprint density at radius 1 is 0.595 bits per heavy atom. The lowest BCUT2D eigenvalue weighted by molar-refractivity contribution is -0.343. The number of rotatable bonds is 38. The van der Waals surface area contributed by atoms with E-state index in [4.69, 9.17) is 61.6 Å². The van der Waals surface area contributed by atoms with Crippen molar-refractivity contribution in [1.82, 2.24) is 10.6 Å². The smallest absolute Gasteiger partial charge is 0.217 e. The van der Waals surface area contributed by atoms with Crippen molar-refractivity contribution in [2.45, 2.75) is 191 Å². The van der Waals surface area contributed by atoms with Crippen LogP contribution in [0, 0.1) is 5.92 Å². The number of hydrogen-bond acceptors (Lipinski definition) is 24. The molecule has 0 saturated carbocycles. The minimum absolute atomic E-state index is 0.00209. The van der Waals surface area contributed by atoms with E-state index in [0.29, 0.717) is 59.3 Å². The Labute approximate surface area is 434 Å². The molecule has 7 unspecified atom stereocenters. The molecule has 19 atom stereocenters. The predicted octanol–water partition coefficient (Wildman–Crippen LogP) is -3.40. The van der Waals surface area contributed by atoms with Crippen molar-refractivity contribution in [3.05, 3.63) is 0 Å². The van der Waals surface area contributed by atoms with E-state index in [1.54, 1.807) is 13.8 Å². The molecule has 436 valence electrons. The molecule has 74 heavy (non-hydrogen) atoms. The summed E-state index contributed by atoms with van der Waals surface area (Å²) in [6.45, 7) is 14.1. The fraction of sp³-hybridized carbons (Fsp3) is 0.958. The first-order valence-corrected chi connectivity index (χ1v) is 25.9. The maximum absolute atomic E-state index is 12.7. The van der Waals surface area contributed by atoms with Crippen LogP contribution in [0.1, 0.15) is 74.1 Å². The fourth-order valence-electron chi connectivity index (χ4n) is 8.46. The molecular weight excluding hydrogens is 989 g/mol. The third-order valence-electron chi connectivity index (χ3n) is 12.3. The van der Waals surface area contributed by atoms with E-state index in [2.05, 4.69) is 10.6 Å². The third-order valence-corrected chi connectivity index (χ3v) is 12.3. The monoisotopic (exact) mass is 1080 g/mol. The molecule has 26 nitrogen and oxygen atoms in total. The Morgan fingerprint density at radius 2 is 1.12 bits per heavy atom. The van der Waals surface area contributed by atoms with Crippen LogP contribution in [0.15, 0.2) is 0 Å².